The number of nitrogens with zero attached hydrogens (tertiary/aromatic N) is 1. The lowest BCUT2D eigenvalue weighted by Crippen LogP contribution is -2.33. The first-order chi connectivity index (χ1) is 11.4. The number of benzene rings is 1. The molecule has 0 saturated heterocycles. The number of non-ortho nitro benzene ring substituents is 1. The van der Waals surface area contributed by atoms with Crippen molar-refractivity contribution in [3.8, 4) is 0 Å². The number of nitro benzene ring substituents is 1. The molecule has 0 saturated carbocycles. The van der Waals surface area contributed by atoms with Crippen LogP contribution < -0.4 is 4.72 Å². The van der Waals surface area contributed by atoms with Crippen molar-refractivity contribution in [1.29, 1.82) is 0 Å². The highest BCUT2D eigenvalue weighted by Crippen LogP contribution is 2.26. The van der Waals surface area contributed by atoms with Gasteiger partial charge in [-0.05, 0) is 17.7 Å². The Labute approximate surface area is 158 Å². The molecule has 0 radical (unpaired) electrons. The molecule has 1 N–H and O–H groups in total. The highest BCUT2D eigenvalue weighted by Gasteiger charge is 2.26. The van der Waals surface area contributed by atoms with Gasteiger partial charge >= 0.3 is 16.3 Å². The maximum atomic E-state index is 11.7. The van der Waals surface area contributed by atoms with E-state index < -0.39 is 37.7 Å². The minimum atomic E-state index is -4.28. The Morgan fingerprint density at radius 1 is 1.32 bits per heavy atom. The van der Waals surface area contributed by atoms with Gasteiger partial charge in [-0.3, -0.25) is 19.1 Å². The Bertz CT molecular complexity index is 719. The fourth-order valence-electron chi connectivity index (χ4n) is 1.60. The van der Waals surface area contributed by atoms with Gasteiger partial charge in [-0.2, -0.15) is 13.1 Å². The number of carbonyl (C=O) groups excluding carboxylic acids is 1. The Morgan fingerprint density at radius 3 is 2.32 bits per heavy atom. The summed E-state index contributed by atoms with van der Waals surface area (Å²) in [6, 6.07) is 5.06. The second-order valence-electron chi connectivity index (χ2n) is 4.63. The van der Waals surface area contributed by atoms with Crippen molar-refractivity contribution in [2.45, 2.75) is 16.8 Å². The molecule has 1 aromatic carbocycles. The Kier molecular flexibility index (Phi) is 7.85. The van der Waals surface area contributed by atoms with E-state index in [9.17, 15) is 23.3 Å². The molecule has 25 heavy (non-hydrogen) atoms. The summed E-state index contributed by atoms with van der Waals surface area (Å²) in [6.45, 7) is 0.0224. The molecular weight excluding hydrogens is 423 g/mol. The van der Waals surface area contributed by atoms with Crippen LogP contribution in [0.1, 0.15) is 18.6 Å². The summed E-state index contributed by atoms with van der Waals surface area (Å²) in [5.74, 6) is -0.676. The second kappa shape index (κ2) is 8.97. The molecule has 0 aromatic heterocycles. The first-order valence-electron chi connectivity index (χ1n) is 6.52. The molecule has 1 rings (SSSR count). The van der Waals surface area contributed by atoms with Crippen molar-refractivity contribution in [1.82, 2.24) is 4.72 Å². The molecule has 0 aliphatic heterocycles. The molecule has 0 aliphatic carbocycles. The van der Waals surface area contributed by atoms with E-state index in [0.717, 1.165) is 6.92 Å². The molecule has 1 aromatic rings. The van der Waals surface area contributed by atoms with Gasteiger partial charge in [0.1, 0.15) is 12.7 Å². The number of alkyl halides is 3. The van der Waals surface area contributed by atoms with Crippen LogP contribution in [0.4, 0.5) is 5.69 Å². The Hall–Kier alpha value is -1.17. The van der Waals surface area contributed by atoms with Crippen molar-refractivity contribution in [2.24, 2.45) is 0 Å². The second-order valence-corrected chi connectivity index (χ2v) is 8.58. The SMILES string of the molecule is CC(=O)OC(CNS(=O)(=O)OCC(Cl)(Cl)Cl)c1ccc([N+](=O)[O-])cc1. The van der Waals surface area contributed by atoms with Gasteiger partial charge in [-0.25, -0.2) is 0 Å². The number of nitro groups is 1. The number of nitrogens with one attached hydrogen (secondary N) is 1. The van der Waals surface area contributed by atoms with E-state index in [0.29, 0.717) is 5.56 Å². The summed E-state index contributed by atoms with van der Waals surface area (Å²) in [5, 5.41) is 10.6. The van der Waals surface area contributed by atoms with Crippen LogP contribution in [-0.2, 0) is 24.0 Å². The van der Waals surface area contributed by atoms with E-state index in [1.165, 1.54) is 24.3 Å². The zero-order valence-electron chi connectivity index (χ0n) is 12.6. The average Bonchev–Trinajstić information content (AvgIpc) is 2.49. The number of hydrogen-bond acceptors (Lipinski definition) is 7. The molecule has 0 fully saturated rings. The number of hydrogen-bond donors (Lipinski definition) is 1. The number of carbonyl (C=O) groups is 1. The summed E-state index contributed by atoms with van der Waals surface area (Å²) in [5.41, 5.74) is 0.168. The van der Waals surface area contributed by atoms with E-state index >= 15 is 0 Å². The minimum absolute atomic E-state index is 0.170. The number of rotatable bonds is 8. The molecule has 0 heterocycles. The monoisotopic (exact) mass is 434 g/mol. The molecule has 1 atom stereocenters. The number of ether oxygens (including phenoxy) is 1. The summed E-state index contributed by atoms with van der Waals surface area (Å²) in [6.07, 6.45) is -1.04. The standard InChI is InChI=1S/C12H13Cl3N2O7S/c1-8(18)24-11(9-2-4-10(5-3-9)17(19)20)6-16-25(21,22)23-7-12(13,14)15/h2-5,11,16H,6-7H2,1H3. The third-order valence-corrected chi connectivity index (χ3v) is 3.88. The third-order valence-electron chi connectivity index (χ3n) is 2.61. The van der Waals surface area contributed by atoms with Crippen LogP contribution in [0.2, 0.25) is 0 Å². The van der Waals surface area contributed by atoms with Crippen molar-refractivity contribution in [3.05, 3.63) is 39.9 Å². The minimum Gasteiger partial charge on any atom is -0.456 e. The molecule has 140 valence electrons. The fourth-order valence-corrected chi connectivity index (χ4v) is 2.73. The predicted molar refractivity (Wildman–Crippen MR) is 90.8 cm³/mol. The van der Waals surface area contributed by atoms with Gasteiger partial charge in [0.25, 0.3) is 5.69 Å². The van der Waals surface area contributed by atoms with Gasteiger partial charge in [0.05, 0.1) is 11.5 Å². The van der Waals surface area contributed by atoms with E-state index in [-0.39, 0.29) is 12.2 Å². The highest BCUT2D eigenvalue weighted by atomic mass is 35.6. The molecule has 0 bridgehead atoms. The lowest BCUT2D eigenvalue weighted by Gasteiger charge is -2.18. The highest BCUT2D eigenvalue weighted by molar-refractivity contribution is 7.84. The molecule has 0 spiro atoms. The maximum Gasteiger partial charge on any atom is 0.336 e. The topological polar surface area (TPSA) is 125 Å². The van der Waals surface area contributed by atoms with Crippen LogP contribution in [0.5, 0.6) is 0 Å². The normalized spacial score (nSPS) is 13.3. The van der Waals surface area contributed by atoms with Crippen LogP contribution in [0.15, 0.2) is 24.3 Å². The average molecular weight is 436 g/mol. The van der Waals surface area contributed by atoms with Gasteiger partial charge in [-0.1, -0.05) is 34.8 Å². The van der Waals surface area contributed by atoms with E-state index in [1.807, 2.05) is 4.72 Å². The molecular formula is C12H13Cl3N2O7S. The van der Waals surface area contributed by atoms with Crippen molar-refractivity contribution < 1.29 is 27.1 Å². The number of halogens is 3. The smallest absolute Gasteiger partial charge is 0.336 e. The van der Waals surface area contributed by atoms with Crippen molar-refractivity contribution >= 4 is 56.8 Å². The van der Waals surface area contributed by atoms with Crippen molar-refractivity contribution in [3.63, 3.8) is 0 Å². The van der Waals surface area contributed by atoms with Crippen LogP contribution in [0, 0.1) is 10.1 Å². The molecule has 0 aliphatic rings. The number of esters is 1. The predicted octanol–water partition coefficient (Wildman–Crippen LogP) is 2.42. The summed E-state index contributed by atoms with van der Waals surface area (Å²) in [7, 11) is -4.28. The quantitative estimate of drug-likeness (QED) is 0.288. The Morgan fingerprint density at radius 2 is 1.88 bits per heavy atom. The fraction of sp³-hybridized carbons (Fsp3) is 0.417. The zero-order chi connectivity index (χ0) is 19.3. The van der Waals surface area contributed by atoms with Gasteiger partial charge in [0.2, 0.25) is 3.79 Å². The maximum absolute atomic E-state index is 11.7. The van der Waals surface area contributed by atoms with E-state index in [2.05, 4.69) is 4.18 Å². The van der Waals surface area contributed by atoms with Crippen molar-refractivity contribution in [2.75, 3.05) is 13.2 Å². The Balaban J connectivity index is 2.82. The van der Waals surface area contributed by atoms with Crippen LogP contribution in [0.3, 0.4) is 0 Å². The van der Waals surface area contributed by atoms with E-state index in [1.54, 1.807) is 0 Å². The van der Waals surface area contributed by atoms with Crippen LogP contribution in [0.25, 0.3) is 0 Å². The largest absolute Gasteiger partial charge is 0.456 e. The van der Waals surface area contributed by atoms with E-state index in [4.69, 9.17) is 39.5 Å². The van der Waals surface area contributed by atoms with Gasteiger partial charge in [0.15, 0.2) is 0 Å². The first-order valence-corrected chi connectivity index (χ1v) is 9.06. The van der Waals surface area contributed by atoms with Crippen LogP contribution >= 0.6 is 34.8 Å². The summed E-state index contributed by atoms with van der Waals surface area (Å²) < 4.78 is 33.0. The molecule has 13 heteroatoms. The lowest BCUT2D eigenvalue weighted by molar-refractivity contribution is -0.384. The summed E-state index contributed by atoms with van der Waals surface area (Å²) >= 11 is 16.2. The van der Waals surface area contributed by atoms with Gasteiger partial charge < -0.3 is 4.74 Å². The lowest BCUT2D eigenvalue weighted by atomic mass is 10.1. The molecule has 0 amide bonds. The summed E-state index contributed by atoms with van der Waals surface area (Å²) in [4.78, 5) is 21.2. The molecule has 9 nitrogen and oxygen atoms in total. The molecule has 1 unspecified atom stereocenters. The van der Waals surface area contributed by atoms with Gasteiger partial charge in [-0.15, -0.1) is 0 Å². The van der Waals surface area contributed by atoms with Gasteiger partial charge in [0, 0.05) is 19.1 Å². The zero-order valence-corrected chi connectivity index (χ0v) is 15.7. The first kappa shape index (κ1) is 21.9. The van der Waals surface area contributed by atoms with Crippen LogP contribution in [-0.4, -0.2) is 36.3 Å². The third kappa shape index (κ3) is 8.66.